The first-order valence-electron chi connectivity index (χ1n) is 7.50. The van der Waals surface area contributed by atoms with Crippen molar-refractivity contribution in [2.75, 3.05) is 37.0 Å². The molecule has 8 heteroatoms. The third-order valence-electron chi connectivity index (χ3n) is 3.29. The molecule has 0 spiro atoms. The van der Waals surface area contributed by atoms with Crippen molar-refractivity contribution in [1.82, 2.24) is 14.7 Å². The van der Waals surface area contributed by atoms with Gasteiger partial charge in [0, 0.05) is 44.8 Å². The molecule has 0 bridgehead atoms. The number of amides is 1. The van der Waals surface area contributed by atoms with Gasteiger partial charge in [-0.2, -0.15) is 9.36 Å². The molecular weight excluding hydrogens is 302 g/mol. The molecule has 1 fully saturated rings. The van der Waals surface area contributed by atoms with Gasteiger partial charge >= 0.3 is 6.09 Å². The second-order valence-electron chi connectivity index (χ2n) is 6.68. The number of anilines is 2. The Morgan fingerprint density at radius 1 is 1.36 bits per heavy atom. The zero-order valence-corrected chi connectivity index (χ0v) is 14.7. The number of hydrogen-bond acceptors (Lipinski definition) is 7. The lowest BCUT2D eigenvalue weighted by Gasteiger charge is -2.32. The molecule has 0 aliphatic carbocycles. The predicted molar refractivity (Wildman–Crippen MR) is 88.8 cm³/mol. The van der Waals surface area contributed by atoms with Crippen LogP contribution in [-0.2, 0) is 4.74 Å². The Hall–Kier alpha value is -1.57. The minimum atomic E-state index is -0.458. The molecule has 2 heterocycles. The van der Waals surface area contributed by atoms with Crippen molar-refractivity contribution in [3.63, 3.8) is 0 Å². The number of piperidine rings is 1. The smallest absolute Gasteiger partial charge is 0.407 e. The lowest BCUT2D eigenvalue weighted by atomic mass is 10.1. The fourth-order valence-corrected chi connectivity index (χ4v) is 3.00. The second kappa shape index (κ2) is 6.68. The van der Waals surface area contributed by atoms with Crippen molar-refractivity contribution < 1.29 is 9.53 Å². The Morgan fingerprint density at radius 3 is 2.50 bits per heavy atom. The molecule has 7 nitrogen and oxygen atoms in total. The average Bonchev–Trinajstić information content (AvgIpc) is 2.87. The van der Waals surface area contributed by atoms with E-state index in [0.717, 1.165) is 37.0 Å². The largest absolute Gasteiger partial charge is 0.444 e. The standard InChI is InChI=1S/C14H25N5O2S/c1-14(2,3)21-13(20)15-10-6-8-19(9-7-10)12-16-11(17-22-12)18(4)5/h10H,6-9H2,1-5H3,(H,15,20). The molecule has 0 radical (unpaired) electrons. The van der Waals surface area contributed by atoms with E-state index >= 15 is 0 Å². The van der Waals surface area contributed by atoms with Gasteiger partial charge in [0.05, 0.1) is 0 Å². The molecule has 1 amide bonds. The predicted octanol–water partition coefficient (Wildman–Crippen LogP) is 2.10. The Kier molecular flexibility index (Phi) is 5.10. The molecule has 1 aliphatic heterocycles. The van der Waals surface area contributed by atoms with Crippen LogP contribution >= 0.6 is 11.5 Å². The van der Waals surface area contributed by atoms with E-state index in [-0.39, 0.29) is 12.1 Å². The van der Waals surface area contributed by atoms with Crippen LogP contribution in [0.15, 0.2) is 0 Å². The highest BCUT2D eigenvalue weighted by molar-refractivity contribution is 7.09. The number of nitrogens with one attached hydrogen (secondary N) is 1. The maximum Gasteiger partial charge on any atom is 0.407 e. The van der Waals surface area contributed by atoms with E-state index in [1.54, 1.807) is 0 Å². The minimum Gasteiger partial charge on any atom is -0.444 e. The maximum absolute atomic E-state index is 11.8. The minimum absolute atomic E-state index is 0.160. The molecule has 1 aromatic heterocycles. The van der Waals surface area contributed by atoms with Crippen molar-refractivity contribution in [2.45, 2.75) is 45.3 Å². The first-order chi connectivity index (χ1) is 10.2. The normalized spacial score (nSPS) is 16.5. The van der Waals surface area contributed by atoms with Gasteiger partial charge in [-0.1, -0.05) is 0 Å². The van der Waals surface area contributed by atoms with Crippen LogP contribution in [0, 0.1) is 0 Å². The van der Waals surface area contributed by atoms with Gasteiger partial charge in [-0.25, -0.2) is 4.79 Å². The van der Waals surface area contributed by atoms with E-state index in [9.17, 15) is 4.79 Å². The molecule has 22 heavy (non-hydrogen) atoms. The highest BCUT2D eigenvalue weighted by Gasteiger charge is 2.25. The number of hydrogen-bond donors (Lipinski definition) is 1. The summed E-state index contributed by atoms with van der Waals surface area (Å²) >= 11 is 1.42. The van der Waals surface area contributed by atoms with Gasteiger partial charge in [0.1, 0.15) is 5.60 Å². The first-order valence-corrected chi connectivity index (χ1v) is 8.27. The number of alkyl carbamates (subject to hydrolysis) is 1. The molecule has 1 N–H and O–H groups in total. The zero-order chi connectivity index (χ0) is 16.3. The molecule has 0 atom stereocenters. The molecule has 124 valence electrons. The van der Waals surface area contributed by atoms with Crippen LogP contribution in [-0.4, -0.2) is 54.3 Å². The van der Waals surface area contributed by atoms with Crippen LogP contribution in [0.4, 0.5) is 15.9 Å². The maximum atomic E-state index is 11.8. The van der Waals surface area contributed by atoms with E-state index in [4.69, 9.17) is 4.74 Å². The molecule has 0 saturated carbocycles. The van der Waals surface area contributed by atoms with E-state index < -0.39 is 5.60 Å². The zero-order valence-electron chi connectivity index (χ0n) is 13.9. The van der Waals surface area contributed by atoms with Gasteiger partial charge in [-0.15, -0.1) is 0 Å². The van der Waals surface area contributed by atoms with Crippen LogP contribution in [0.3, 0.4) is 0 Å². The summed E-state index contributed by atoms with van der Waals surface area (Å²) in [7, 11) is 3.87. The Labute approximate surface area is 135 Å². The van der Waals surface area contributed by atoms with Crippen LogP contribution in [0.1, 0.15) is 33.6 Å². The number of ether oxygens (including phenoxy) is 1. The summed E-state index contributed by atoms with van der Waals surface area (Å²) in [5.74, 6) is 0.744. The molecule has 1 saturated heterocycles. The van der Waals surface area contributed by atoms with E-state index in [2.05, 4.69) is 19.6 Å². The third-order valence-corrected chi connectivity index (χ3v) is 4.06. The van der Waals surface area contributed by atoms with Gasteiger partial charge in [-0.3, -0.25) is 0 Å². The summed E-state index contributed by atoms with van der Waals surface area (Å²) in [5, 5.41) is 3.89. The van der Waals surface area contributed by atoms with E-state index in [0.29, 0.717) is 0 Å². The van der Waals surface area contributed by atoms with E-state index in [1.165, 1.54) is 11.5 Å². The highest BCUT2D eigenvalue weighted by Crippen LogP contribution is 2.24. The van der Waals surface area contributed by atoms with Crippen molar-refractivity contribution >= 4 is 28.7 Å². The number of rotatable bonds is 3. The summed E-state index contributed by atoms with van der Waals surface area (Å²) < 4.78 is 9.62. The van der Waals surface area contributed by atoms with E-state index in [1.807, 2.05) is 39.8 Å². The molecule has 1 aromatic rings. The highest BCUT2D eigenvalue weighted by atomic mass is 32.1. The third kappa shape index (κ3) is 4.72. The summed E-state index contributed by atoms with van der Waals surface area (Å²) in [6, 6.07) is 0.160. The Balaban J connectivity index is 1.81. The average molecular weight is 327 g/mol. The first kappa shape index (κ1) is 16.8. The fraction of sp³-hybridized carbons (Fsp3) is 0.786. The van der Waals surface area contributed by atoms with Crippen molar-refractivity contribution in [3.8, 4) is 0 Å². The molecule has 0 unspecified atom stereocenters. The quantitative estimate of drug-likeness (QED) is 0.917. The van der Waals surface area contributed by atoms with Crippen LogP contribution in [0.5, 0.6) is 0 Å². The monoisotopic (exact) mass is 327 g/mol. The Morgan fingerprint density at radius 2 is 2.00 bits per heavy atom. The lowest BCUT2D eigenvalue weighted by molar-refractivity contribution is 0.0497. The number of aromatic nitrogens is 2. The van der Waals surface area contributed by atoms with Crippen molar-refractivity contribution in [1.29, 1.82) is 0 Å². The summed E-state index contributed by atoms with van der Waals surface area (Å²) in [5.41, 5.74) is -0.458. The molecule has 1 aliphatic rings. The van der Waals surface area contributed by atoms with Gasteiger partial charge in [-0.05, 0) is 33.6 Å². The van der Waals surface area contributed by atoms with Crippen molar-refractivity contribution in [2.24, 2.45) is 0 Å². The van der Waals surface area contributed by atoms with Crippen molar-refractivity contribution in [3.05, 3.63) is 0 Å². The van der Waals surface area contributed by atoms with Crippen LogP contribution in [0.2, 0.25) is 0 Å². The Bertz CT molecular complexity index is 504. The number of carbonyl (C=O) groups is 1. The summed E-state index contributed by atoms with van der Waals surface area (Å²) in [6.07, 6.45) is 1.43. The summed E-state index contributed by atoms with van der Waals surface area (Å²) in [4.78, 5) is 20.4. The topological polar surface area (TPSA) is 70.6 Å². The number of nitrogens with zero attached hydrogens (tertiary/aromatic N) is 4. The van der Waals surface area contributed by atoms with Crippen LogP contribution in [0.25, 0.3) is 0 Å². The molecular formula is C14H25N5O2S. The van der Waals surface area contributed by atoms with Crippen LogP contribution < -0.4 is 15.1 Å². The fourth-order valence-electron chi connectivity index (χ4n) is 2.21. The van der Waals surface area contributed by atoms with Gasteiger partial charge in [0.25, 0.3) is 0 Å². The number of carbonyl (C=O) groups excluding carboxylic acids is 1. The molecule has 2 rings (SSSR count). The van der Waals surface area contributed by atoms with Gasteiger partial charge < -0.3 is 19.9 Å². The van der Waals surface area contributed by atoms with Gasteiger partial charge in [0.15, 0.2) is 0 Å². The lowest BCUT2D eigenvalue weighted by Crippen LogP contribution is -2.46. The SMILES string of the molecule is CN(C)c1nsc(N2CCC(NC(=O)OC(C)(C)C)CC2)n1. The molecule has 0 aromatic carbocycles. The summed E-state index contributed by atoms with van der Waals surface area (Å²) in [6.45, 7) is 7.33. The second-order valence-corrected chi connectivity index (χ2v) is 7.41. The van der Waals surface area contributed by atoms with Gasteiger partial charge in [0.2, 0.25) is 11.1 Å².